The Hall–Kier alpha value is -1.88. The average molecular weight is 331 g/mol. The van der Waals surface area contributed by atoms with E-state index in [2.05, 4.69) is 50.6 Å². The fraction of sp³-hybridized carbons (Fsp3) is 0.200. The zero-order valence-corrected chi connectivity index (χ0v) is 12.7. The number of fused-ring (bicyclic) bond motifs is 1. The van der Waals surface area contributed by atoms with Crippen LogP contribution in [0.4, 0.5) is 5.69 Å². The summed E-state index contributed by atoms with van der Waals surface area (Å²) in [6, 6.07) is 16.4. The summed E-state index contributed by atoms with van der Waals surface area (Å²) in [7, 11) is 0. The summed E-state index contributed by atoms with van der Waals surface area (Å²) in [6.45, 7) is 2.91. The van der Waals surface area contributed by atoms with E-state index in [4.69, 9.17) is 0 Å². The summed E-state index contributed by atoms with van der Waals surface area (Å²) >= 11 is 3.44. The highest BCUT2D eigenvalue weighted by atomic mass is 79.9. The van der Waals surface area contributed by atoms with Crippen LogP contribution in [-0.4, -0.2) is 21.0 Å². The minimum atomic E-state index is 0.265. The lowest BCUT2D eigenvalue weighted by Gasteiger charge is -2.15. The summed E-state index contributed by atoms with van der Waals surface area (Å²) in [5.74, 6) is 0. The van der Waals surface area contributed by atoms with Gasteiger partial charge in [-0.15, -0.1) is 5.10 Å². The SMILES string of the molecule is CC(Cn1nnc2ccccc21)Nc1ccc(Br)cc1. The molecule has 20 heavy (non-hydrogen) atoms. The van der Waals surface area contributed by atoms with Gasteiger partial charge in [0, 0.05) is 16.2 Å². The lowest BCUT2D eigenvalue weighted by molar-refractivity contribution is 0.557. The monoisotopic (exact) mass is 330 g/mol. The number of para-hydroxylation sites is 1. The van der Waals surface area contributed by atoms with Crippen LogP contribution in [0, 0.1) is 0 Å². The molecule has 0 aliphatic carbocycles. The number of hydrogen-bond donors (Lipinski definition) is 1. The fourth-order valence-corrected chi connectivity index (χ4v) is 2.45. The highest BCUT2D eigenvalue weighted by Gasteiger charge is 2.08. The number of nitrogens with one attached hydrogen (secondary N) is 1. The molecule has 0 saturated heterocycles. The van der Waals surface area contributed by atoms with Crippen molar-refractivity contribution in [3.63, 3.8) is 0 Å². The van der Waals surface area contributed by atoms with Gasteiger partial charge < -0.3 is 5.32 Å². The smallest absolute Gasteiger partial charge is 0.113 e. The number of rotatable bonds is 4. The summed E-state index contributed by atoms with van der Waals surface area (Å²) in [5, 5.41) is 11.8. The molecule has 1 unspecified atom stereocenters. The third-order valence-corrected chi connectivity index (χ3v) is 3.65. The zero-order chi connectivity index (χ0) is 13.9. The van der Waals surface area contributed by atoms with Gasteiger partial charge in [-0.3, -0.25) is 0 Å². The first-order valence-electron chi connectivity index (χ1n) is 6.53. The molecule has 1 atom stereocenters. The van der Waals surface area contributed by atoms with Crippen molar-refractivity contribution in [1.82, 2.24) is 15.0 Å². The van der Waals surface area contributed by atoms with E-state index in [0.29, 0.717) is 0 Å². The maximum Gasteiger partial charge on any atom is 0.113 e. The number of anilines is 1. The van der Waals surface area contributed by atoms with Gasteiger partial charge in [0.2, 0.25) is 0 Å². The van der Waals surface area contributed by atoms with E-state index in [1.807, 2.05) is 41.1 Å². The van der Waals surface area contributed by atoms with E-state index in [0.717, 1.165) is 27.7 Å². The van der Waals surface area contributed by atoms with Crippen molar-refractivity contribution in [2.75, 3.05) is 5.32 Å². The Labute approximate surface area is 125 Å². The van der Waals surface area contributed by atoms with Crippen molar-refractivity contribution in [1.29, 1.82) is 0 Å². The Morgan fingerprint density at radius 3 is 2.70 bits per heavy atom. The van der Waals surface area contributed by atoms with E-state index in [1.54, 1.807) is 0 Å². The van der Waals surface area contributed by atoms with Gasteiger partial charge in [-0.2, -0.15) is 0 Å². The van der Waals surface area contributed by atoms with Gasteiger partial charge in [-0.25, -0.2) is 4.68 Å². The molecule has 5 heteroatoms. The zero-order valence-electron chi connectivity index (χ0n) is 11.1. The van der Waals surface area contributed by atoms with Gasteiger partial charge in [0.05, 0.1) is 12.1 Å². The highest BCUT2D eigenvalue weighted by Crippen LogP contribution is 2.16. The Morgan fingerprint density at radius 1 is 1.15 bits per heavy atom. The molecule has 0 amide bonds. The van der Waals surface area contributed by atoms with Crippen LogP contribution >= 0.6 is 15.9 Å². The van der Waals surface area contributed by atoms with Gasteiger partial charge in [-0.05, 0) is 43.3 Å². The van der Waals surface area contributed by atoms with Gasteiger partial charge in [0.1, 0.15) is 5.52 Å². The molecule has 0 aliphatic heterocycles. The van der Waals surface area contributed by atoms with Crippen molar-refractivity contribution in [3.05, 3.63) is 53.0 Å². The van der Waals surface area contributed by atoms with Crippen LogP contribution in [-0.2, 0) is 6.54 Å². The molecule has 102 valence electrons. The Balaban J connectivity index is 1.72. The summed E-state index contributed by atoms with van der Waals surface area (Å²) in [5.41, 5.74) is 3.10. The van der Waals surface area contributed by atoms with Gasteiger partial charge in [0.25, 0.3) is 0 Å². The molecule has 1 aromatic heterocycles. The van der Waals surface area contributed by atoms with E-state index in [9.17, 15) is 0 Å². The Kier molecular flexibility index (Phi) is 3.69. The number of hydrogen-bond acceptors (Lipinski definition) is 3. The van der Waals surface area contributed by atoms with E-state index >= 15 is 0 Å². The van der Waals surface area contributed by atoms with Crippen LogP contribution in [0.25, 0.3) is 11.0 Å². The average Bonchev–Trinajstić information content (AvgIpc) is 2.85. The molecular formula is C15H15BrN4. The highest BCUT2D eigenvalue weighted by molar-refractivity contribution is 9.10. The van der Waals surface area contributed by atoms with Crippen LogP contribution < -0.4 is 5.32 Å². The topological polar surface area (TPSA) is 42.7 Å². The van der Waals surface area contributed by atoms with Crippen molar-refractivity contribution < 1.29 is 0 Å². The van der Waals surface area contributed by atoms with Gasteiger partial charge in [-0.1, -0.05) is 33.3 Å². The third-order valence-electron chi connectivity index (χ3n) is 3.12. The van der Waals surface area contributed by atoms with Crippen molar-refractivity contribution in [2.45, 2.75) is 19.5 Å². The van der Waals surface area contributed by atoms with Crippen LogP contribution in [0.15, 0.2) is 53.0 Å². The van der Waals surface area contributed by atoms with Crippen molar-refractivity contribution in [3.8, 4) is 0 Å². The van der Waals surface area contributed by atoms with Crippen LogP contribution in [0.3, 0.4) is 0 Å². The van der Waals surface area contributed by atoms with E-state index in [-0.39, 0.29) is 6.04 Å². The summed E-state index contributed by atoms with van der Waals surface area (Å²) in [4.78, 5) is 0. The molecule has 0 fully saturated rings. The summed E-state index contributed by atoms with van der Waals surface area (Å²) < 4.78 is 3.02. The largest absolute Gasteiger partial charge is 0.381 e. The number of benzene rings is 2. The first-order valence-corrected chi connectivity index (χ1v) is 7.32. The number of aromatic nitrogens is 3. The fourth-order valence-electron chi connectivity index (χ4n) is 2.19. The lowest BCUT2D eigenvalue weighted by atomic mass is 10.2. The maximum absolute atomic E-state index is 4.21. The van der Waals surface area contributed by atoms with E-state index in [1.165, 1.54) is 0 Å². The molecule has 1 N–H and O–H groups in total. The number of nitrogens with zero attached hydrogens (tertiary/aromatic N) is 3. The minimum Gasteiger partial charge on any atom is -0.381 e. The van der Waals surface area contributed by atoms with Crippen LogP contribution in [0.5, 0.6) is 0 Å². The second kappa shape index (κ2) is 5.63. The lowest BCUT2D eigenvalue weighted by Crippen LogP contribution is -2.22. The maximum atomic E-state index is 4.21. The molecule has 0 saturated carbocycles. The third kappa shape index (κ3) is 2.82. The molecular weight excluding hydrogens is 316 g/mol. The van der Waals surface area contributed by atoms with Crippen LogP contribution in [0.1, 0.15) is 6.92 Å². The normalized spacial score (nSPS) is 12.5. The Morgan fingerprint density at radius 2 is 1.90 bits per heavy atom. The first kappa shape index (κ1) is 13.1. The predicted molar refractivity (Wildman–Crippen MR) is 84.8 cm³/mol. The molecule has 3 rings (SSSR count). The molecule has 2 aromatic carbocycles. The molecule has 0 spiro atoms. The first-order chi connectivity index (χ1) is 9.72. The Bertz CT molecular complexity index is 705. The predicted octanol–water partition coefficient (Wildman–Crippen LogP) is 3.69. The minimum absolute atomic E-state index is 0.265. The molecule has 1 heterocycles. The van der Waals surface area contributed by atoms with Gasteiger partial charge >= 0.3 is 0 Å². The molecule has 0 aliphatic rings. The number of halogens is 1. The molecule has 4 nitrogen and oxygen atoms in total. The van der Waals surface area contributed by atoms with E-state index < -0.39 is 0 Å². The van der Waals surface area contributed by atoms with Crippen LogP contribution in [0.2, 0.25) is 0 Å². The quantitative estimate of drug-likeness (QED) is 0.793. The second-order valence-corrected chi connectivity index (χ2v) is 5.73. The van der Waals surface area contributed by atoms with Crippen molar-refractivity contribution in [2.24, 2.45) is 0 Å². The standard InChI is InChI=1S/C15H15BrN4/c1-11(17-13-8-6-12(16)7-9-13)10-20-15-5-3-2-4-14(15)18-19-20/h2-9,11,17H,10H2,1H3. The molecule has 0 bridgehead atoms. The molecule has 0 radical (unpaired) electrons. The molecule has 3 aromatic rings. The summed E-state index contributed by atoms with van der Waals surface area (Å²) in [6.07, 6.45) is 0. The second-order valence-electron chi connectivity index (χ2n) is 4.81. The van der Waals surface area contributed by atoms with Crippen molar-refractivity contribution >= 4 is 32.7 Å². The van der Waals surface area contributed by atoms with Gasteiger partial charge in [0.15, 0.2) is 0 Å².